The van der Waals surface area contributed by atoms with Gasteiger partial charge in [0.2, 0.25) is 0 Å². The van der Waals surface area contributed by atoms with Crippen molar-refractivity contribution in [3.63, 3.8) is 0 Å². The smallest absolute Gasteiger partial charge is 0.337 e. The van der Waals surface area contributed by atoms with Crippen LogP contribution in [0.2, 0.25) is 0 Å². The molecule has 0 unspecified atom stereocenters. The van der Waals surface area contributed by atoms with Crippen molar-refractivity contribution in [3.8, 4) is 0 Å². The molecule has 1 aromatic carbocycles. The number of carbonyl (C=O) groups is 1. The molecule has 0 spiro atoms. The van der Waals surface area contributed by atoms with Crippen LogP contribution < -0.4 is 5.32 Å². The number of benzene rings is 1. The topological polar surface area (TPSA) is 38.3 Å². The van der Waals surface area contributed by atoms with Crippen LogP contribution in [-0.4, -0.2) is 20.1 Å². The molecule has 84 valence electrons. The molecule has 0 fully saturated rings. The van der Waals surface area contributed by atoms with Crippen LogP contribution in [0.5, 0.6) is 0 Å². The fourth-order valence-electron chi connectivity index (χ4n) is 1.08. The Labute approximate surface area is 91.5 Å². The summed E-state index contributed by atoms with van der Waals surface area (Å²) < 4.78 is 4.58. The highest BCUT2D eigenvalue weighted by Gasteiger charge is 2.03. The molecular weight excluding hydrogens is 190 g/mol. The third-order valence-electron chi connectivity index (χ3n) is 1.76. The van der Waals surface area contributed by atoms with Gasteiger partial charge in [0.15, 0.2) is 0 Å². The Morgan fingerprint density at radius 2 is 1.80 bits per heavy atom. The summed E-state index contributed by atoms with van der Waals surface area (Å²) in [6, 6.07) is 7.34. The Bertz CT molecular complexity index is 280. The largest absolute Gasteiger partial charge is 0.465 e. The molecule has 15 heavy (non-hydrogen) atoms. The van der Waals surface area contributed by atoms with Crippen molar-refractivity contribution in [2.75, 3.05) is 14.2 Å². The lowest BCUT2D eigenvalue weighted by Gasteiger charge is -2.01. The molecule has 0 aliphatic rings. The Morgan fingerprint density at radius 1 is 1.27 bits per heavy atom. The van der Waals surface area contributed by atoms with Crippen LogP contribution >= 0.6 is 0 Å². The number of rotatable bonds is 3. The van der Waals surface area contributed by atoms with E-state index in [2.05, 4.69) is 10.1 Å². The normalized spacial score (nSPS) is 8.80. The summed E-state index contributed by atoms with van der Waals surface area (Å²) in [5.74, 6) is -0.295. The molecule has 0 saturated heterocycles. The van der Waals surface area contributed by atoms with Crippen molar-refractivity contribution < 1.29 is 9.53 Å². The van der Waals surface area contributed by atoms with E-state index in [9.17, 15) is 4.79 Å². The van der Waals surface area contributed by atoms with E-state index >= 15 is 0 Å². The first-order valence-corrected chi connectivity index (χ1v) is 5.09. The fraction of sp³-hybridized carbons (Fsp3) is 0.417. The molecule has 3 heteroatoms. The van der Waals surface area contributed by atoms with Gasteiger partial charge < -0.3 is 10.1 Å². The monoisotopic (exact) mass is 209 g/mol. The molecule has 1 N–H and O–H groups in total. The third kappa shape index (κ3) is 4.61. The first kappa shape index (κ1) is 13.7. The van der Waals surface area contributed by atoms with E-state index in [1.807, 2.05) is 33.0 Å². The van der Waals surface area contributed by atoms with Crippen molar-refractivity contribution >= 4 is 5.97 Å². The van der Waals surface area contributed by atoms with Gasteiger partial charge in [-0.15, -0.1) is 0 Å². The van der Waals surface area contributed by atoms with Gasteiger partial charge >= 0.3 is 5.97 Å². The Balaban J connectivity index is 0.000000921. The zero-order valence-corrected chi connectivity index (χ0v) is 9.83. The molecule has 0 heterocycles. The summed E-state index contributed by atoms with van der Waals surface area (Å²) >= 11 is 0. The van der Waals surface area contributed by atoms with E-state index in [1.54, 1.807) is 12.1 Å². The zero-order chi connectivity index (χ0) is 11.7. The molecule has 0 saturated carbocycles. The molecule has 0 radical (unpaired) electrons. The van der Waals surface area contributed by atoms with Crippen molar-refractivity contribution in [2.24, 2.45) is 0 Å². The summed E-state index contributed by atoms with van der Waals surface area (Å²) in [5.41, 5.74) is 1.73. The molecule has 0 bridgehead atoms. The van der Waals surface area contributed by atoms with Gasteiger partial charge in [0, 0.05) is 6.54 Å². The number of hydrogen-bond acceptors (Lipinski definition) is 3. The highest BCUT2D eigenvalue weighted by Crippen LogP contribution is 2.05. The quantitative estimate of drug-likeness (QED) is 0.776. The Morgan fingerprint density at radius 3 is 2.20 bits per heavy atom. The molecule has 1 rings (SSSR count). The predicted molar refractivity (Wildman–Crippen MR) is 61.9 cm³/mol. The number of methoxy groups -OCH3 is 1. The second-order valence-electron chi connectivity index (χ2n) is 2.72. The average molecular weight is 209 g/mol. The summed E-state index contributed by atoms with van der Waals surface area (Å²) in [6.07, 6.45) is 0. The zero-order valence-electron chi connectivity index (χ0n) is 9.83. The molecular formula is C12H19NO2. The molecule has 0 amide bonds. The molecule has 0 aliphatic heterocycles. The fourth-order valence-corrected chi connectivity index (χ4v) is 1.08. The van der Waals surface area contributed by atoms with Crippen molar-refractivity contribution in [2.45, 2.75) is 20.4 Å². The van der Waals surface area contributed by atoms with Gasteiger partial charge in [-0.05, 0) is 24.7 Å². The number of hydrogen-bond donors (Lipinski definition) is 1. The lowest BCUT2D eigenvalue weighted by atomic mass is 10.1. The number of nitrogens with one attached hydrogen (secondary N) is 1. The SMILES string of the molecule is CC.CNCc1ccc(C(=O)OC)cc1. The molecule has 3 nitrogen and oxygen atoms in total. The standard InChI is InChI=1S/C10H13NO2.C2H6/c1-11-7-8-3-5-9(6-4-8)10(12)13-2;1-2/h3-6,11H,7H2,1-2H3;1-2H3. The van der Waals surface area contributed by atoms with E-state index in [0.29, 0.717) is 5.56 Å². The maximum Gasteiger partial charge on any atom is 0.337 e. The molecule has 0 aliphatic carbocycles. The van der Waals surface area contributed by atoms with E-state index < -0.39 is 0 Å². The van der Waals surface area contributed by atoms with Gasteiger partial charge in [-0.2, -0.15) is 0 Å². The lowest BCUT2D eigenvalue weighted by molar-refractivity contribution is 0.0600. The van der Waals surface area contributed by atoms with Crippen LogP contribution in [0.15, 0.2) is 24.3 Å². The van der Waals surface area contributed by atoms with Gasteiger partial charge in [-0.3, -0.25) is 0 Å². The van der Waals surface area contributed by atoms with Crippen LogP contribution in [0.1, 0.15) is 29.8 Å². The number of ether oxygens (including phenoxy) is 1. The minimum absolute atomic E-state index is 0.295. The van der Waals surface area contributed by atoms with Crippen molar-refractivity contribution in [1.29, 1.82) is 0 Å². The van der Waals surface area contributed by atoms with Crippen molar-refractivity contribution in [3.05, 3.63) is 35.4 Å². The minimum atomic E-state index is -0.295. The van der Waals surface area contributed by atoms with Gasteiger partial charge in [0.05, 0.1) is 12.7 Å². The third-order valence-corrected chi connectivity index (χ3v) is 1.76. The maximum atomic E-state index is 11.0. The van der Waals surface area contributed by atoms with Crippen LogP contribution in [0.3, 0.4) is 0 Å². The van der Waals surface area contributed by atoms with E-state index in [-0.39, 0.29) is 5.97 Å². The lowest BCUT2D eigenvalue weighted by Crippen LogP contribution is -2.06. The summed E-state index contributed by atoms with van der Waals surface area (Å²) in [5, 5.41) is 3.03. The Hall–Kier alpha value is -1.35. The summed E-state index contributed by atoms with van der Waals surface area (Å²) in [7, 11) is 3.26. The van der Waals surface area contributed by atoms with E-state index in [1.165, 1.54) is 7.11 Å². The number of carbonyl (C=O) groups excluding carboxylic acids is 1. The molecule has 0 aromatic heterocycles. The van der Waals surface area contributed by atoms with Crippen LogP contribution in [0, 0.1) is 0 Å². The van der Waals surface area contributed by atoms with E-state index in [4.69, 9.17) is 0 Å². The first-order valence-electron chi connectivity index (χ1n) is 5.09. The minimum Gasteiger partial charge on any atom is -0.465 e. The predicted octanol–water partition coefficient (Wildman–Crippen LogP) is 2.22. The first-order chi connectivity index (χ1) is 7.27. The van der Waals surface area contributed by atoms with Crippen LogP contribution in [0.4, 0.5) is 0 Å². The summed E-state index contributed by atoms with van der Waals surface area (Å²) in [4.78, 5) is 11.0. The maximum absolute atomic E-state index is 11.0. The highest BCUT2D eigenvalue weighted by molar-refractivity contribution is 5.89. The van der Waals surface area contributed by atoms with Gasteiger partial charge in [-0.25, -0.2) is 4.79 Å². The van der Waals surface area contributed by atoms with Crippen molar-refractivity contribution in [1.82, 2.24) is 5.32 Å². The van der Waals surface area contributed by atoms with Gasteiger partial charge in [-0.1, -0.05) is 26.0 Å². The number of esters is 1. The van der Waals surface area contributed by atoms with Gasteiger partial charge in [0.25, 0.3) is 0 Å². The van der Waals surface area contributed by atoms with Gasteiger partial charge in [0.1, 0.15) is 0 Å². The average Bonchev–Trinajstić information content (AvgIpc) is 2.32. The molecule has 0 atom stereocenters. The summed E-state index contributed by atoms with van der Waals surface area (Å²) in [6.45, 7) is 4.81. The molecule has 1 aromatic rings. The second kappa shape index (κ2) is 8.00. The second-order valence-corrected chi connectivity index (χ2v) is 2.72. The van der Waals surface area contributed by atoms with Crippen LogP contribution in [0.25, 0.3) is 0 Å². The Kier molecular flexibility index (Phi) is 7.28. The highest BCUT2D eigenvalue weighted by atomic mass is 16.5. The van der Waals surface area contributed by atoms with E-state index in [0.717, 1.165) is 12.1 Å². The van der Waals surface area contributed by atoms with Crippen LogP contribution in [-0.2, 0) is 11.3 Å².